The number of hydrogen-bond acceptors (Lipinski definition) is 2. The third-order valence-electron chi connectivity index (χ3n) is 2.90. The van der Waals surface area contributed by atoms with Crippen LogP contribution in [0.5, 0.6) is 0 Å². The van der Waals surface area contributed by atoms with E-state index in [1.807, 2.05) is 4.90 Å². The van der Waals surface area contributed by atoms with Crippen molar-refractivity contribution < 1.29 is 8.78 Å². The zero-order chi connectivity index (χ0) is 11.0. The number of benzene rings is 1. The minimum Gasteiger partial charge on any atom is -0.325 e. The van der Waals surface area contributed by atoms with Crippen LogP contribution in [-0.2, 0) is 0 Å². The van der Waals surface area contributed by atoms with Gasteiger partial charge in [-0.3, -0.25) is 4.90 Å². The van der Waals surface area contributed by atoms with Crippen LogP contribution in [0.1, 0.15) is 18.5 Å². The van der Waals surface area contributed by atoms with E-state index in [9.17, 15) is 8.78 Å². The summed E-state index contributed by atoms with van der Waals surface area (Å²) in [5.41, 5.74) is 5.77. The van der Waals surface area contributed by atoms with Crippen LogP contribution < -0.4 is 5.73 Å². The molecule has 1 saturated heterocycles. The van der Waals surface area contributed by atoms with Crippen molar-refractivity contribution in [2.75, 3.05) is 13.1 Å². The van der Waals surface area contributed by atoms with Crippen LogP contribution in [0.4, 0.5) is 8.78 Å². The summed E-state index contributed by atoms with van der Waals surface area (Å²) < 4.78 is 26.8. The van der Waals surface area contributed by atoms with E-state index in [-0.39, 0.29) is 17.6 Å². The molecule has 0 spiro atoms. The first-order valence-corrected chi connectivity index (χ1v) is 5.03. The maximum atomic E-state index is 13.4. The Bertz CT molecular complexity index is 341. The van der Waals surface area contributed by atoms with Crippen LogP contribution in [0, 0.1) is 11.6 Å². The molecule has 1 aromatic carbocycles. The van der Waals surface area contributed by atoms with Crippen molar-refractivity contribution >= 4 is 0 Å². The van der Waals surface area contributed by atoms with Crippen LogP contribution in [-0.4, -0.2) is 24.0 Å². The smallest absolute Gasteiger partial charge is 0.130 e. The highest BCUT2D eigenvalue weighted by atomic mass is 19.1. The van der Waals surface area contributed by atoms with E-state index in [1.165, 1.54) is 18.2 Å². The van der Waals surface area contributed by atoms with E-state index >= 15 is 0 Å². The van der Waals surface area contributed by atoms with Gasteiger partial charge < -0.3 is 5.73 Å². The molecule has 15 heavy (non-hydrogen) atoms. The topological polar surface area (TPSA) is 29.3 Å². The Labute approximate surface area is 87.7 Å². The van der Waals surface area contributed by atoms with Gasteiger partial charge in [0.2, 0.25) is 0 Å². The van der Waals surface area contributed by atoms with Gasteiger partial charge >= 0.3 is 0 Å². The molecule has 1 unspecified atom stereocenters. The molecule has 1 fully saturated rings. The van der Waals surface area contributed by atoms with Gasteiger partial charge in [0.1, 0.15) is 11.6 Å². The molecule has 1 heterocycles. The number of likely N-dealkylation sites (tertiary alicyclic amines) is 1. The van der Waals surface area contributed by atoms with Crippen molar-refractivity contribution in [1.82, 2.24) is 4.90 Å². The summed E-state index contributed by atoms with van der Waals surface area (Å²) >= 11 is 0. The van der Waals surface area contributed by atoms with Crippen molar-refractivity contribution in [3.8, 4) is 0 Å². The van der Waals surface area contributed by atoms with Crippen molar-refractivity contribution in [2.45, 2.75) is 19.0 Å². The van der Waals surface area contributed by atoms with Gasteiger partial charge in [-0.05, 0) is 19.1 Å². The Morgan fingerprint density at radius 2 is 1.87 bits per heavy atom. The van der Waals surface area contributed by atoms with Crippen molar-refractivity contribution in [3.05, 3.63) is 35.4 Å². The summed E-state index contributed by atoms with van der Waals surface area (Å²) in [4.78, 5) is 1.96. The molecule has 2 N–H and O–H groups in total. The fourth-order valence-corrected chi connectivity index (χ4v) is 1.96. The SMILES string of the molecule is CC(c1c(F)cccc1F)N1CC(N)C1. The number of nitrogens with two attached hydrogens (primary N) is 1. The summed E-state index contributed by atoms with van der Waals surface area (Å²) in [6.45, 7) is 3.21. The van der Waals surface area contributed by atoms with Gasteiger partial charge in [-0.15, -0.1) is 0 Å². The van der Waals surface area contributed by atoms with E-state index in [4.69, 9.17) is 5.73 Å². The molecule has 2 rings (SSSR count). The molecule has 0 radical (unpaired) electrons. The lowest BCUT2D eigenvalue weighted by atomic mass is 10.00. The molecule has 0 aliphatic carbocycles. The molecular weight excluding hydrogens is 198 g/mol. The molecule has 1 aliphatic rings. The Balaban J connectivity index is 2.21. The largest absolute Gasteiger partial charge is 0.325 e. The fraction of sp³-hybridized carbons (Fsp3) is 0.455. The average Bonchev–Trinajstić information content (AvgIpc) is 2.12. The second-order valence-electron chi connectivity index (χ2n) is 4.03. The van der Waals surface area contributed by atoms with E-state index in [1.54, 1.807) is 6.92 Å². The molecule has 0 saturated carbocycles. The Hall–Kier alpha value is -1.00. The summed E-state index contributed by atoms with van der Waals surface area (Å²) in [6.07, 6.45) is 0. The summed E-state index contributed by atoms with van der Waals surface area (Å²) in [6, 6.07) is 3.85. The molecule has 1 aromatic rings. The van der Waals surface area contributed by atoms with E-state index < -0.39 is 11.6 Å². The van der Waals surface area contributed by atoms with Crippen LogP contribution in [0.25, 0.3) is 0 Å². The standard InChI is InChI=1S/C11H14F2N2/c1-7(15-5-8(14)6-15)11-9(12)3-2-4-10(11)13/h2-4,7-8H,5-6,14H2,1H3. The van der Waals surface area contributed by atoms with Gasteiger partial charge in [0.05, 0.1) is 0 Å². The molecule has 82 valence electrons. The highest BCUT2D eigenvalue weighted by molar-refractivity contribution is 5.23. The van der Waals surface area contributed by atoms with Gasteiger partial charge in [-0.1, -0.05) is 6.07 Å². The minimum atomic E-state index is -0.483. The van der Waals surface area contributed by atoms with E-state index in [2.05, 4.69) is 0 Å². The van der Waals surface area contributed by atoms with Gasteiger partial charge in [0.25, 0.3) is 0 Å². The van der Waals surface area contributed by atoms with Gasteiger partial charge in [0, 0.05) is 30.7 Å². The first-order valence-electron chi connectivity index (χ1n) is 5.03. The molecule has 0 amide bonds. The van der Waals surface area contributed by atoms with Crippen molar-refractivity contribution in [2.24, 2.45) is 5.73 Å². The highest BCUT2D eigenvalue weighted by Crippen LogP contribution is 2.28. The van der Waals surface area contributed by atoms with Crippen LogP contribution >= 0.6 is 0 Å². The fourth-order valence-electron chi connectivity index (χ4n) is 1.96. The summed E-state index contributed by atoms with van der Waals surface area (Å²) in [7, 11) is 0. The summed E-state index contributed by atoms with van der Waals surface area (Å²) in [5.74, 6) is -0.967. The van der Waals surface area contributed by atoms with Crippen molar-refractivity contribution in [1.29, 1.82) is 0 Å². The molecule has 2 nitrogen and oxygen atoms in total. The quantitative estimate of drug-likeness (QED) is 0.808. The number of halogens is 2. The van der Waals surface area contributed by atoms with E-state index in [0.717, 1.165) is 0 Å². The number of hydrogen-bond donors (Lipinski definition) is 1. The molecular formula is C11H14F2N2. The molecule has 1 atom stereocenters. The average molecular weight is 212 g/mol. The van der Waals surface area contributed by atoms with E-state index in [0.29, 0.717) is 13.1 Å². The Morgan fingerprint density at radius 1 is 1.33 bits per heavy atom. The first-order chi connectivity index (χ1) is 7.09. The predicted octanol–water partition coefficient (Wildman–Crippen LogP) is 1.67. The maximum Gasteiger partial charge on any atom is 0.130 e. The lowest BCUT2D eigenvalue weighted by Crippen LogP contribution is -2.56. The Kier molecular flexibility index (Phi) is 2.71. The van der Waals surface area contributed by atoms with Gasteiger partial charge in [0.15, 0.2) is 0 Å². The zero-order valence-corrected chi connectivity index (χ0v) is 8.58. The third-order valence-corrected chi connectivity index (χ3v) is 2.90. The Morgan fingerprint density at radius 3 is 2.33 bits per heavy atom. The van der Waals surface area contributed by atoms with Crippen LogP contribution in [0.3, 0.4) is 0 Å². The normalized spacial score (nSPS) is 20.0. The van der Waals surface area contributed by atoms with Crippen molar-refractivity contribution in [3.63, 3.8) is 0 Å². The van der Waals surface area contributed by atoms with Crippen LogP contribution in [0.15, 0.2) is 18.2 Å². The number of rotatable bonds is 2. The number of nitrogens with zero attached hydrogens (tertiary/aromatic N) is 1. The molecule has 4 heteroatoms. The van der Waals surface area contributed by atoms with Crippen LogP contribution in [0.2, 0.25) is 0 Å². The highest BCUT2D eigenvalue weighted by Gasteiger charge is 2.30. The van der Waals surface area contributed by atoms with Gasteiger partial charge in [-0.25, -0.2) is 8.78 Å². The molecule has 0 aromatic heterocycles. The molecule has 1 aliphatic heterocycles. The lowest BCUT2D eigenvalue weighted by molar-refractivity contribution is 0.0990. The minimum absolute atomic E-state index is 0.141. The third kappa shape index (κ3) is 1.87. The lowest BCUT2D eigenvalue weighted by Gasteiger charge is -2.41. The predicted molar refractivity (Wildman–Crippen MR) is 54.3 cm³/mol. The maximum absolute atomic E-state index is 13.4. The monoisotopic (exact) mass is 212 g/mol. The second kappa shape index (κ2) is 3.87. The second-order valence-corrected chi connectivity index (χ2v) is 4.03. The summed E-state index contributed by atoms with van der Waals surface area (Å²) in [5, 5.41) is 0. The first kappa shape index (κ1) is 10.5. The van der Waals surface area contributed by atoms with Gasteiger partial charge in [-0.2, -0.15) is 0 Å². The molecule has 0 bridgehead atoms. The zero-order valence-electron chi connectivity index (χ0n) is 8.58.